The third-order valence-electron chi connectivity index (χ3n) is 4.19. The van der Waals surface area contributed by atoms with Gasteiger partial charge in [-0.15, -0.1) is 12.4 Å². The monoisotopic (exact) mass is 359 g/mol. The first-order valence-electron chi connectivity index (χ1n) is 8.12. The van der Waals surface area contributed by atoms with Crippen LogP contribution in [-0.4, -0.2) is 23.3 Å². The summed E-state index contributed by atoms with van der Waals surface area (Å²) in [5.74, 6) is 0.0292. The molecular formula is C19H22ClN3O2. The van der Waals surface area contributed by atoms with Gasteiger partial charge in [0.25, 0.3) is 5.91 Å². The Morgan fingerprint density at radius 2 is 1.88 bits per heavy atom. The van der Waals surface area contributed by atoms with Crippen molar-refractivity contribution in [3.05, 3.63) is 65.2 Å². The van der Waals surface area contributed by atoms with E-state index < -0.39 is 0 Å². The Kier molecular flexibility index (Phi) is 6.42. The van der Waals surface area contributed by atoms with Crippen LogP contribution in [0, 0.1) is 0 Å². The van der Waals surface area contributed by atoms with Crippen molar-refractivity contribution in [3.63, 3.8) is 0 Å². The number of hydrogen-bond acceptors (Lipinski definition) is 3. The summed E-state index contributed by atoms with van der Waals surface area (Å²) in [6, 6.07) is 15.0. The summed E-state index contributed by atoms with van der Waals surface area (Å²) in [5, 5.41) is 2.89. The largest absolute Gasteiger partial charge is 0.398 e. The number of likely N-dealkylation sites (tertiary alicyclic amines) is 1. The maximum absolute atomic E-state index is 12.2. The van der Waals surface area contributed by atoms with Crippen LogP contribution in [0.5, 0.6) is 0 Å². The van der Waals surface area contributed by atoms with Gasteiger partial charge in [-0.05, 0) is 29.7 Å². The van der Waals surface area contributed by atoms with Crippen LogP contribution in [0.25, 0.3) is 0 Å². The molecule has 132 valence electrons. The zero-order valence-corrected chi connectivity index (χ0v) is 14.7. The highest BCUT2D eigenvalue weighted by Crippen LogP contribution is 2.15. The van der Waals surface area contributed by atoms with E-state index in [0.29, 0.717) is 30.8 Å². The number of nitrogens with zero attached hydrogens (tertiary/aromatic N) is 1. The van der Waals surface area contributed by atoms with Crippen LogP contribution in [0.15, 0.2) is 48.5 Å². The zero-order chi connectivity index (χ0) is 16.9. The first-order valence-corrected chi connectivity index (χ1v) is 8.12. The minimum absolute atomic E-state index is 0. The number of nitrogen functional groups attached to an aromatic ring is 1. The molecule has 3 N–H and O–H groups in total. The fourth-order valence-electron chi connectivity index (χ4n) is 2.91. The molecule has 0 spiro atoms. The number of benzene rings is 2. The molecular weight excluding hydrogens is 338 g/mol. The van der Waals surface area contributed by atoms with Crippen LogP contribution in [-0.2, 0) is 17.9 Å². The minimum atomic E-state index is -0.187. The summed E-state index contributed by atoms with van der Waals surface area (Å²) in [5.41, 5.74) is 8.85. The number of hydrogen-bond donors (Lipinski definition) is 2. The standard InChI is InChI=1S/C19H21N3O2.ClH/c20-17-8-2-1-7-16(17)19(24)21-12-14-5-3-6-15(11-14)13-22-10-4-9-18(22)23;/h1-3,5-8,11H,4,9-10,12-13,20H2,(H,21,24);1H. The average Bonchev–Trinajstić information content (AvgIpc) is 2.98. The van der Waals surface area contributed by atoms with Crippen molar-refractivity contribution in [2.75, 3.05) is 12.3 Å². The van der Waals surface area contributed by atoms with E-state index in [0.717, 1.165) is 24.1 Å². The second-order valence-corrected chi connectivity index (χ2v) is 6.01. The van der Waals surface area contributed by atoms with Crippen LogP contribution in [0.2, 0.25) is 0 Å². The number of nitrogens with one attached hydrogen (secondary N) is 1. The van der Waals surface area contributed by atoms with Crippen molar-refractivity contribution < 1.29 is 9.59 Å². The van der Waals surface area contributed by atoms with Gasteiger partial charge in [0.1, 0.15) is 0 Å². The topological polar surface area (TPSA) is 75.4 Å². The first kappa shape index (κ1) is 18.8. The van der Waals surface area contributed by atoms with Crippen molar-refractivity contribution in [2.45, 2.75) is 25.9 Å². The molecule has 0 aromatic heterocycles. The number of nitrogens with two attached hydrogens (primary N) is 1. The maximum atomic E-state index is 12.2. The lowest BCUT2D eigenvalue weighted by Crippen LogP contribution is -2.25. The predicted octanol–water partition coefficient (Wildman–Crippen LogP) is 2.74. The van der Waals surface area contributed by atoms with E-state index in [2.05, 4.69) is 5.32 Å². The molecule has 25 heavy (non-hydrogen) atoms. The van der Waals surface area contributed by atoms with E-state index in [9.17, 15) is 9.59 Å². The van der Waals surface area contributed by atoms with Gasteiger partial charge in [0.15, 0.2) is 0 Å². The Balaban J connectivity index is 0.00000225. The highest BCUT2D eigenvalue weighted by Gasteiger charge is 2.19. The van der Waals surface area contributed by atoms with Crippen molar-refractivity contribution in [1.82, 2.24) is 10.2 Å². The van der Waals surface area contributed by atoms with Gasteiger partial charge in [-0.3, -0.25) is 9.59 Å². The molecule has 1 saturated heterocycles. The lowest BCUT2D eigenvalue weighted by molar-refractivity contribution is -0.128. The molecule has 6 heteroatoms. The summed E-state index contributed by atoms with van der Waals surface area (Å²) < 4.78 is 0. The molecule has 1 heterocycles. The van der Waals surface area contributed by atoms with Crippen LogP contribution in [0.4, 0.5) is 5.69 Å². The highest BCUT2D eigenvalue weighted by molar-refractivity contribution is 5.99. The molecule has 0 saturated carbocycles. The normalized spacial score (nSPS) is 13.4. The fourth-order valence-corrected chi connectivity index (χ4v) is 2.91. The third-order valence-corrected chi connectivity index (χ3v) is 4.19. The average molecular weight is 360 g/mol. The molecule has 0 aliphatic carbocycles. The van der Waals surface area contributed by atoms with E-state index in [-0.39, 0.29) is 24.2 Å². The summed E-state index contributed by atoms with van der Waals surface area (Å²) >= 11 is 0. The number of anilines is 1. The lowest BCUT2D eigenvalue weighted by Gasteiger charge is -2.16. The van der Waals surface area contributed by atoms with Crippen LogP contribution in [0.3, 0.4) is 0 Å². The predicted molar refractivity (Wildman–Crippen MR) is 100 cm³/mol. The number of halogens is 1. The minimum Gasteiger partial charge on any atom is -0.398 e. The van der Waals surface area contributed by atoms with Gasteiger partial charge in [0.2, 0.25) is 5.91 Å². The van der Waals surface area contributed by atoms with Gasteiger partial charge in [-0.1, -0.05) is 36.4 Å². The maximum Gasteiger partial charge on any atom is 0.253 e. The number of carbonyl (C=O) groups excluding carboxylic acids is 2. The van der Waals surface area contributed by atoms with Crippen LogP contribution < -0.4 is 11.1 Å². The molecule has 3 rings (SSSR count). The summed E-state index contributed by atoms with van der Waals surface area (Å²) in [4.78, 5) is 25.8. The third kappa shape index (κ3) is 4.73. The number of para-hydroxylation sites is 1. The van der Waals surface area contributed by atoms with Gasteiger partial charge < -0.3 is 16.0 Å². The number of rotatable bonds is 5. The van der Waals surface area contributed by atoms with Gasteiger partial charge in [-0.25, -0.2) is 0 Å². The second-order valence-electron chi connectivity index (χ2n) is 6.01. The molecule has 5 nitrogen and oxygen atoms in total. The number of carbonyl (C=O) groups is 2. The van der Waals surface area contributed by atoms with E-state index in [1.54, 1.807) is 24.3 Å². The molecule has 0 atom stereocenters. The Labute approximate surface area is 153 Å². The molecule has 0 radical (unpaired) electrons. The smallest absolute Gasteiger partial charge is 0.253 e. The molecule has 0 bridgehead atoms. The van der Waals surface area contributed by atoms with E-state index in [1.165, 1.54) is 0 Å². The molecule has 1 aliphatic heterocycles. The molecule has 1 aliphatic rings. The lowest BCUT2D eigenvalue weighted by atomic mass is 10.1. The Bertz CT molecular complexity index is 764. The van der Waals surface area contributed by atoms with Gasteiger partial charge in [0.05, 0.1) is 5.56 Å². The Morgan fingerprint density at radius 3 is 2.60 bits per heavy atom. The molecule has 2 aromatic carbocycles. The zero-order valence-electron chi connectivity index (χ0n) is 13.9. The SMILES string of the molecule is Cl.Nc1ccccc1C(=O)NCc1cccc(CN2CCCC2=O)c1. The van der Waals surface area contributed by atoms with Crippen molar-refractivity contribution in [1.29, 1.82) is 0 Å². The van der Waals surface area contributed by atoms with Gasteiger partial charge >= 0.3 is 0 Å². The van der Waals surface area contributed by atoms with E-state index in [1.807, 2.05) is 29.2 Å². The molecule has 1 fully saturated rings. The fraction of sp³-hybridized carbons (Fsp3) is 0.263. The summed E-state index contributed by atoms with van der Waals surface area (Å²) in [7, 11) is 0. The molecule has 0 unspecified atom stereocenters. The number of amides is 2. The molecule has 2 amide bonds. The summed E-state index contributed by atoms with van der Waals surface area (Å²) in [6.07, 6.45) is 1.58. The Morgan fingerprint density at radius 1 is 1.12 bits per heavy atom. The molecule has 2 aromatic rings. The van der Waals surface area contributed by atoms with Gasteiger partial charge in [0, 0.05) is 31.7 Å². The Hall–Kier alpha value is -2.53. The van der Waals surface area contributed by atoms with Crippen molar-refractivity contribution in [3.8, 4) is 0 Å². The van der Waals surface area contributed by atoms with Crippen LogP contribution in [0.1, 0.15) is 34.3 Å². The summed E-state index contributed by atoms with van der Waals surface area (Å²) in [6.45, 7) is 1.88. The van der Waals surface area contributed by atoms with Crippen LogP contribution >= 0.6 is 12.4 Å². The highest BCUT2D eigenvalue weighted by atomic mass is 35.5. The first-order chi connectivity index (χ1) is 11.6. The van der Waals surface area contributed by atoms with Gasteiger partial charge in [-0.2, -0.15) is 0 Å². The second kappa shape index (κ2) is 8.53. The quantitative estimate of drug-likeness (QED) is 0.806. The van der Waals surface area contributed by atoms with E-state index in [4.69, 9.17) is 5.73 Å². The van der Waals surface area contributed by atoms with Crippen molar-refractivity contribution in [2.24, 2.45) is 0 Å². The van der Waals surface area contributed by atoms with E-state index >= 15 is 0 Å². The van der Waals surface area contributed by atoms with Crippen molar-refractivity contribution >= 4 is 29.9 Å².